The minimum Gasteiger partial charge on any atom is -0.396 e. The van der Waals surface area contributed by atoms with Crippen LogP contribution in [0.2, 0.25) is 0 Å². The Hall–Kier alpha value is -2.55. The number of carbonyl (C=O) groups excluding carboxylic acids is 1. The van der Waals surface area contributed by atoms with Crippen LogP contribution in [0.1, 0.15) is 89.2 Å². The van der Waals surface area contributed by atoms with Gasteiger partial charge in [0.05, 0.1) is 0 Å². The molecular formula is C33H40F5NO3. The van der Waals surface area contributed by atoms with E-state index < -0.39 is 41.4 Å². The lowest BCUT2D eigenvalue weighted by molar-refractivity contribution is -0.362. The van der Waals surface area contributed by atoms with Gasteiger partial charge in [-0.25, -0.2) is 0 Å². The van der Waals surface area contributed by atoms with Crippen molar-refractivity contribution in [2.75, 3.05) is 6.61 Å². The zero-order valence-electron chi connectivity index (χ0n) is 24.4. The Balaban J connectivity index is 1.49. The second-order valence-electron chi connectivity index (χ2n) is 13.2. The number of benzene rings is 1. The molecule has 9 heteroatoms. The first-order valence-corrected chi connectivity index (χ1v) is 15.1. The molecule has 230 valence electrons. The normalized spacial score (nSPS) is 31.7. The third-order valence-corrected chi connectivity index (χ3v) is 10.3. The SMILES string of the molecule is CC(C)CO/N=C/CCc1ccc([C@H]2C[C@@]3(C)[C@@H](CC[C@@]3(O)C(F)(F)C(F)(F)F)[C@@H]3CCC4=CC(=O)CCC4=C32)cc1. The molecule has 0 bridgehead atoms. The van der Waals surface area contributed by atoms with Crippen molar-refractivity contribution in [3.8, 4) is 0 Å². The molecule has 4 aliphatic rings. The van der Waals surface area contributed by atoms with E-state index in [0.29, 0.717) is 51.0 Å². The van der Waals surface area contributed by atoms with Crippen LogP contribution < -0.4 is 0 Å². The van der Waals surface area contributed by atoms with Gasteiger partial charge in [-0.1, -0.05) is 55.8 Å². The molecule has 4 nitrogen and oxygen atoms in total. The van der Waals surface area contributed by atoms with Gasteiger partial charge in [0.15, 0.2) is 5.78 Å². The lowest BCUT2D eigenvalue weighted by Gasteiger charge is -2.56. The minimum atomic E-state index is -5.86. The number of nitrogens with zero attached hydrogens (tertiary/aromatic N) is 1. The van der Waals surface area contributed by atoms with E-state index in [-0.39, 0.29) is 24.5 Å². The molecule has 0 spiro atoms. The van der Waals surface area contributed by atoms with Gasteiger partial charge in [0, 0.05) is 24.0 Å². The van der Waals surface area contributed by atoms with Gasteiger partial charge < -0.3 is 9.94 Å². The van der Waals surface area contributed by atoms with Crippen LogP contribution >= 0.6 is 0 Å². The van der Waals surface area contributed by atoms with E-state index in [0.717, 1.165) is 27.8 Å². The molecule has 4 aliphatic carbocycles. The first-order chi connectivity index (χ1) is 19.7. The summed E-state index contributed by atoms with van der Waals surface area (Å²) in [4.78, 5) is 17.5. The fourth-order valence-corrected chi connectivity index (χ4v) is 8.16. The summed E-state index contributed by atoms with van der Waals surface area (Å²) in [6.45, 7) is 6.07. The monoisotopic (exact) mass is 593 g/mol. The maximum absolute atomic E-state index is 15.1. The molecular weight excluding hydrogens is 553 g/mol. The molecule has 0 radical (unpaired) electrons. The maximum atomic E-state index is 15.1. The summed E-state index contributed by atoms with van der Waals surface area (Å²) in [7, 11) is 0. The van der Waals surface area contributed by atoms with E-state index >= 15 is 8.78 Å². The fraction of sp³-hybridized carbons (Fsp3) is 0.636. The van der Waals surface area contributed by atoms with Crippen molar-refractivity contribution in [1.29, 1.82) is 0 Å². The average Bonchev–Trinajstić information content (AvgIpc) is 3.21. The minimum absolute atomic E-state index is 0.0183. The van der Waals surface area contributed by atoms with Crippen LogP contribution in [0.4, 0.5) is 22.0 Å². The number of allylic oxidation sites excluding steroid dienone is 4. The Morgan fingerprint density at radius 2 is 1.81 bits per heavy atom. The Morgan fingerprint density at radius 1 is 1.10 bits per heavy atom. The number of carbonyl (C=O) groups is 1. The molecule has 0 heterocycles. The van der Waals surface area contributed by atoms with Crippen molar-refractivity contribution in [2.24, 2.45) is 28.3 Å². The molecule has 0 aliphatic heterocycles. The number of alkyl halides is 5. The van der Waals surface area contributed by atoms with E-state index in [9.17, 15) is 23.1 Å². The van der Waals surface area contributed by atoms with Gasteiger partial charge in [-0.05, 0) is 97.5 Å². The molecule has 5 rings (SSSR count). The van der Waals surface area contributed by atoms with Gasteiger partial charge in [0.2, 0.25) is 0 Å². The van der Waals surface area contributed by atoms with Crippen LogP contribution in [0.15, 0.2) is 52.2 Å². The molecule has 0 amide bonds. The summed E-state index contributed by atoms with van der Waals surface area (Å²) >= 11 is 0. The quantitative estimate of drug-likeness (QED) is 0.188. The standard InChI is InChI=1S/C33H40F5NO3/c1-20(2)19-42-39-16-4-5-21-6-8-22(9-7-21)27-18-30(3)28(14-15-31(30,41)32(34,35)33(36,37)38)26-12-10-23-17-24(40)11-13-25(23)29(26)27/h6-9,16-17,20,26-28,41H,4-5,10-15,18-19H2,1-3H3/b39-16+/t26-,27+,28-,30-,31-/m0/s1. The summed E-state index contributed by atoms with van der Waals surface area (Å²) in [5.74, 6) is -5.96. The number of aryl methyl sites for hydroxylation is 1. The number of aliphatic hydroxyl groups is 1. The molecule has 0 aromatic heterocycles. The van der Waals surface area contributed by atoms with Crippen molar-refractivity contribution >= 4 is 12.0 Å². The Bertz CT molecular complexity index is 1280. The number of fused-ring (bicyclic) bond motifs is 4. The highest BCUT2D eigenvalue weighted by Gasteiger charge is 2.79. The largest absolute Gasteiger partial charge is 0.456 e. The number of oxime groups is 1. The summed E-state index contributed by atoms with van der Waals surface area (Å²) in [6, 6.07) is 7.79. The summed E-state index contributed by atoms with van der Waals surface area (Å²) < 4.78 is 71.5. The van der Waals surface area contributed by atoms with E-state index in [1.54, 1.807) is 12.3 Å². The van der Waals surface area contributed by atoms with Crippen LogP contribution in [-0.4, -0.2) is 41.4 Å². The highest BCUT2D eigenvalue weighted by atomic mass is 19.4. The van der Waals surface area contributed by atoms with Crippen LogP contribution in [0.3, 0.4) is 0 Å². The average molecular weight is 594 g/mol. The van der Waals surface area contributed by atoms with Gasteiger partial charge in [0.1, 0.15) is 12.2 Å². The molecule has 2 fully saturated rings. The predicted molar refractivity (Wildman–Crippen MR) is 150 cm³/mol. The van der Waals surface area contributed by atoms with Crippen molar-refractivity contribution in [3.63, 3.8) is 0 Å². The summed E-state index contributed by atoms with van der Waals surface area (Å²) in [6.07, 6.45) is 0.478. The molecule has 0 saturated heterocycles. The topological polar surface area (TPSA) is 58.9 Å². The second-order valence-corrected chi connectivity index (χ2v) is 13.2. The van der Waals surface area contributed by atoms with Gasteiger partial charge in [-0.2, -0.15) is 22.0 Å². The number of hydrogen-bond donors (Lipinski definition) is 1. The number of hydrogen-bond acceptors (Lipinski definition) is 4. The molecule has 42 heavy (non-hydrogen) atoms. The third kappa shape index (κ3) is 5.13. The van der Waals surface area contributed by atoms with E-state index in [4.69, 9.17) is 4.84 Å². The zero-order valence-corrected chi connectivity index (χ0v) is 24.4. The Kier molecular flexibility index (Phi) is 8.22. The van der Waals surface area contributed by atoms with Crippen LogP contribution in [0, 0.1) is 23.2 Å². The molecule has 1 N–H and O–H groups in total. The van der Waals surface area contributed by atoms with Crippen LogP contribution in [0.25, 0.3) is 0 Å². The predicted octanol–water partition coefficient (Wildman–Crippen LogP) is 8.11. The van der Waals surface area contributed by atoms with Gasteiger partial charge in [-0.15, -0.1) is 0 Å². The Labute approximate surface area is 244 Å². The van der Waals surface area contributed by atoms with Crippen molar-refractivity contribution in [1.82, 2.24) is 0 Å². The summed E-state index contributed by atoms with van der Waals surface area (Å²) in [5.41, 5.74) is 0.131. The molecule has 5 atom stereocenters. The highest BCUT2D eigenvalue weighted by Crippen LogP contribution is 2.70. The van der Waals surface area contributed by atoms with Crippen LogP contribution in [-0.2, 0) is 16.1 Å². The summed E-state index contributed by atoms with van der Waals surface area (Å²) in [5, 5.41) is 15.4. The first kappa shape index (κ1) is 30.9. The zero-order chi connectivity index (χ0) is 30.5. The lowest BCUT2D eigenvalue weighted by Crippen LogP contribution is -2.65. The van der Waals surface area contributed by atoms with Crippen molar-refractivity contribution in [3.05, 3.63) is 58.2 Å². The number of rotatable bonds is 8. The first-order valence-electron chi connectivity index (χ1n) is 15.1. The van der Waals surface area contributed by atoms with Gasteiger partial charge >= 0.3 is 12.1 Å². The van der Waals surface area contributed by atoms with Gasteiger partial charge in [0.25, 0.3) is 0 Å². The van der Waals surface area contributed by atoms with Gasteiger partial charge in [-0.3, -0.25) is 4.79 Å². The third-order valence-electron chi connectivity index (χ3n) is 10.3. The van der Waals surface area contributed by atoms with Crippen LogP contribution in [0.5, 0.6) is 0 Å². The smallest absolute Gasteiger partial charge is 0.396 e. The van der Waals surface area contributed by atoms with E-state index in [1.807, 2.05) is 38.1 Å². The highest BCUT2D eigenvalue weighted by molar-refractivity contribution is 5.93. The number of halogens is 5. The van der Waals surface area contributed by atoms with Crippen molar-refractivity contribution < 1.29 is 36.7 Å². The van der Waals surface area contributed by atoms with Crippen molar-refractivity contribution in [2.45, 2.75) is 102 Å². The molecule has 1 aromatic carbocycles. The Morgan fingerprint density at radius 3 is 2.48 bits per heavy atom. The second kappa shape index (κ2) is 11.2. The number of ketones is 1. The lowest BCUT2D eigenvalue weighted by atomic mass is 9.50. The van der Waals surface area contributed by atoms with E-state index in [1.165, 1.54) is 6.92 Å². The molecule has 1 aromatic rings. The maximum Gasteiger partial charge on any atom is 0.456 e. The fourth-order valence-electron chi connectivity index (χ4n) is 8.16. The van der Waals surface area contributed by atoms with E-state index in [2.05, 4.69) is 5.16 Å². The molecule has 2 saturated carbocycles. The molecule has 0 unspecified atom stereocenters.